The summed E-state index contributed by atoms with van der Waals surface area (Å²) in [6.45, 7) is 0. The van der Waals surface area contributed by atoms with Crippen molar-refractivity contribution in [2.75, 3.05) is 10.2 Å². The van der Waals surface area contributed by atoms with E-state index >= 15 is 0 Å². The predicted octanol–water partition coefficient (Wildman–Crippen LogP) is 3.76. The van der Waals surface area contributed by atoms with Crippen molar-refractivity contribution in [3.05, 3.63) is 60.2 Å². The van der Waals surface area contributed by atoms with E-state index in [1.807, 2.05) is 30.3 Å². The zero-order valence-corrected chi connectivity index (χ0v) is 11.5. The molecule has 2 atom stereocenters. The van der Waals surface area contributed by atoms with E-state index in [-0.39, 0.29) is 10.9 Å². The van der Waals surface area contributed by atoms with E-state index < -0.39 is 0 Å². The molecule has 0 aromatic heterocycles. The molecule has 3 rings (SSSR count). The number of fused-ring (bicyclic) bond motifs is 1. The molecule has 2 unspecified atom stereocenters. The largest absolute Gasteiger partial charge is 0.357 e. The molecule has 0 aliphatic carbocycles. The molecule has 1 aliphatic rings. The van der Waals surface area contributed by atoms with E-state index in [1.165, 1.54) is 5.56 Å². The Kier molecular flexibility index (Phi) is 3.14. The maximum Gasteiger partial charge on any atom is 0.146 e. The standard InChI is InChI=1S/C14H14N2S2/c17-13-11-8-4-5-9-12(11)15-14(18)16(13)10-6-2-1-3-7-10/h1-9,13-15,17-18H. The summed E-state index contributed by atoms with van der Waals surface area (Å²) in [5, 5.41) is 3.39. The fraction of sp³-hybridized carbons (Fsp3) is 0.143. The van der Waals surface area contributed by atoms with Crippen LogP contribution >= 0.6 is 25.3 Å². The maximum absolute atomic E-state index is 4.74. The van der Waals surface area contributed by atoms with Gasteiger partial charge in [-0.3, -0.25) is 0 Å². The molecule has 1 heterocycles. The van der Waals surface area contributed by atoms with E-state index in [0.29, 0.717) is 0 Å². The van der Waals surface area contributed by atoms with Crippen LogP contribution in [0.2, 0.25) is 0 Å². The van der Waals surface area contributed by atoms with Crippen molar-refractivity contribution >= 4 is 36.6 Å². The molecule has 2 nitrogen and oxygen atoms in total. The van der Waals surface area contributed by atoms with Crippen LogP contribution in [-0.4, -0.2) is 5.50 Å². The van der Waals surface area contributed by atoms with Crippen molar-refractivity contribution in [3.63, 3.8) is 0 Å². The highest BCUT2D eigenvalue weighted by Crippen LogP contribution is 2.40. The van der Waals surface area contributed by atoms with Gasteiger partial charge in [-0.1, -0.05) is 36.4 Å². The molecule has 0 saturated heterocycles. The van der Waals surface area contributed by atoms with Crippen LogP contribution in [0.5, 0.6) is 0 Å². The zero-order chi connectivity index (χ0) is 12.5. The molecule has 2 aromatic rings. The van der Waals surface area contributed by atoms with Gasteiger partial charge < -0.3 is 10.2 Å². The first kappa shape index (κ1) is 11.8. The highest BCUT2D eigenvalue weighted by Gasteiger charge is 2.29. The van der Waals surface area contributed by atoms with Crippen LogP contribution in [-0.2, 0) is 0 Å². The second-order valence-corrected chi connectivity index (χ2v) is 5.20. The number of anilines is 2. The molecule has 0 bridgehead atoms. The van der Waals surface area contributed by atoms with Gasteiger partial charge in [-0.25, -0.2) is 0 Å². The fourth-order valence-corrected chi connectivity index (χ4v) is 3.23. The van der Waals surface area contributed by atoms with Crippen molar-refractivity contribution in [1.82, 2.24) is 0 Å². The lowest BCUT2D eigenvalue weighted by Crippen LogP contribution is -2.42. The lowest BCUT2D eigenvalue weighted by Gasteiger charge is -2.41. The monoisotopic (exact) mass is 274 g/mol. The second-order valence-electron chi connectivity index (χ2n) is 4.22. The first-order valence-corrected chi connectivity index (χ1v) is 6.85. The third-order valence-corrected chi connectivity index (χ3v) is 4.01. The number of nitrogens with one attached hydrogen (secondary N) is 1. The Morgan fingerprint density at radius 2 is 1.56 bits per heavy atom. The van der Waals surface area contributed by atoms with Gasteiger partial charge >= 0.3 is 0 Å². The quantitative estimate of drug-likeness (QED) is 0.686. The summed E-state index contributed by atoms with van der Waals surface area (Å²) < 4.78 is 0. The van der Waals surface area contributed by atoms with Crippen molar-refractivity contribution < 1.29 is 0 Å². The van der Waals surface area contributed by atoms with Gasteiger partial charge in [-0.05, 0) is 18.2 Å². The number of hydrogen-bond acceptors (Lipinski definition) is 4. The van der Waals surface area contributed by atoms with Crippen molar-refractivity contribution in [2.24, 2.45) is 0 Å². The number of hydrogen-bond donors (Lipinski definition) is 3. The molecular formula is C14H14N2S2. The van der Waals surface area contributed by atoms with Gasteiger partial charge in [0.2, 0.25) is 0 Å². The summed E-state index contributed by atoms with van der Waals surface area (Å²) in [5.41, 5.74) is 3.31. The molecule has 2 aromatic carbocycles. The summed E-state index contributed by atoms with van der Waals surface area (Å²) in [7, 11) is 0. The number of rotatable bonds is 1. The lowest BCUT2D eigenvalue weighted by molar-refractivity contribution is 0.764. The Balaban J connectivity index is 2.03. The number of thiol groups is 2. The van der Waals surface area contributed by atoms with Crippen LogP contribution < -0.4 is 10.2 Å². The predicted molar refractivity (Wildman–Crippen MR) is 83.5 cm³/mol. The normalized spacial score (nSPS) is 22.2. The molecule has 18 heavy (non-hydrogen) atoms. The number of para-hydroxylation sites is 2. The fourth-order valence-electron chi connectivity index (χ4n) is 2.23. The minimum atomic E-state index is -0.0789. The summed E-state index contributed by atoms with van der Waals surface area (Å²) in [5.74, 6) is 0. The number of nitrogens with zero attached hydrogens (tertiary/aromatic N) is 1. The zero-order valence-electron chi connectivity index (χ0n) is 9.69. The molecule has 0 spiro atoms. The number of benzene rings is 2. The lowest BCUT2D eigenvalue weighted by atomic mass is 10.1. The van der Waals surface area contributed by atoms with Gasteiger partial charge in [-0.2, -0.15) is 0 Å². The van der Waals surface area contributed by atoms with Gasteiger partial charge in [0.05, 0.1) is 0 Å². The Bertz CT molecular complexity index is 545. The van der Waals surface area contributed by atoms with Gasteiger partial charge in [0, 0.05) is 16.9 Å². The van der Waals surface area contributed by atoms with Crippen LogP contribution in [0.3, 0.4) is 0 Å². The van der Waals surface area contributed by atoms with E-state index in [0.717, 1.165) is 11.4 Å². The minimum Gasteiger partial charge on any atom is -0.357 e. The van der Waals surface area contributed by atoms with E-state index in [4.69, 9.17) is 12.6 Å². The summed E-state index contributed by atoms with van der Waals surface area (Å²) in [4.78, 5) is 2.15. The highest BCUT2D eigenvalue weighted by atomic mass is 32.1. The molecule has 4 heteroatoms. The Hall–Kier alpha value is -1.26. The van der Waals surface area contributed by atoms with Gasteiger partial charge in [0.1, 0.15) is 10.9 Å². The van der Waals surface area contributed by atoms with Crippen LogP contribution in [0.1, 0.15) is 10.9 Å². The van der Waals surface area contributed by atoms with E-state index in [2.05, 4.69) is 47.1 Å². The summed E-state index contributed by atoms with van der Waals surface area (Å²) in [6.07, 6.45) is 0. The smallest absolute Gasteiger partial charge is 0.146 e. The molecule has 0 amide bonds. The second kappa shape index (κ2) is 4.78. The Morgan fingerprint density at radius 1 is 0.889 bits per heavy atom. The van der Waals surface area contributed by atoms with Crippen LogP contribution in [0.4, 0.5) is 11.4 Å². The van der Waals surface area contributed by atoms with Gasteiger partial charge in [-0.15, -0.1) is 25.3 Å². The third-order valence-electron chi connectivity index (χ3n) is 3.10. The topological polar surface area (TPSA) is 15.3 Å². The van der Waals surface area contributed by atoms with Gasteiger partial charge in [0.25, 0.3) is 0 Å². The molecular weight excluding hydrogens is 260 g/mol. The molecule has 1 N–H and O–H groups in total. The molecule has 0 radical (unpaired) electrons. The van der Waals surface area contributed by atoms with E-state index in [9.17, 15) is 0 Å². The van der Waals surface area contributed by atoms with Crippen molar-refractivity contribution in [1.29, 1.82) is 0 Å². The highest BCUT2D eigenvalue weighted by molar-refractivity contribution is 7.82. The van der Waals surface area contributed by atoms with Crippen LogP contribution in [0.25, 0.3) is 0 Å². The molecule has 0 saturated carbocycles. The maximum atomic E-state index is 4.74. The van der Waals surface area contributed by atoms with Crippen molar-refractivity contribution in [2.45, 2.75) is 10.9 Å². The first-order valence-electron chi connectivity index (χ1n) is 5.82. The molecule has 92 valence electrons. The summed E-state index contributed by atoms with van der Waals surface area (Å²) in [6, 6.07) is 18.4. The summed E-state index contributed by atoms with van der Waals surface area (Å²) >= 11 is 9.36. The van der Waals surface area contributed by atoms with E-state index in [1.54, 1.807) is 0 Å². The molecule has 1 aliphatic heterocycles. The Labute approximate surface area is 118 Å². The van der Waals surface area contributed by atoms with Gasteiger partial charge in [0.15, 0.2) is 0 Å². The van der Waals surface area contributed by atoms with Crippen LogP contribution in [0, 0.1) is 0 Å². The van der Waals surface area contributed by atoms with Crippen molar-refractivity contribution in [3.8, 4) is 0 Å². The third kappa shape index (κ3) is 1.95. The average molecular weight is 274 g/mol. The average Bonchev–Trinajstić information content (AvgIpc) is 2.40. The molecule has 0 fully saturated rings. The Morgan fingerprint density at radius 3 is 2.33 bits per heavy atom. The minimum absolute atomic E-state index is 0.00681. The van der Waals surface area contributed by atoms with Crippen LogP contribution in [0.15, 0.2) is 54.6 Å². The first-order chi connectivity index (χ1) is 8.77. The SMILES string of the molecule is SC1Nc2ccccc2C(S)N1c1ccccc1.